The number of halogens is 3. The second-order valence-corrected chi connectivity index (χ2v) is 5.15. The first-order valence-electron chi connectivity index (χ1n) is 4.90. The van der Waals surface area contributed by atoms with Gasteiger partial charge in [-0.2, -0.15) is 0 Å². The van der Waals surface area contributed by atoms with E-state index in [9.17, 15) is 13.9 Å². The highest BCUT2D eigenvalue weighted by Gasteiger charge is 2.14. The molecule has 1 rings (SSSR count). The fraction of sp³-hybridized carbons (Fsp3) is 0.455. The minimum absolute atomic E-state index is 0.160. The minimum Gasteiger partial charge on any atom is -0.390 e. The Hall–Kier alpha value is -0.680. The summed E-state index contributed by atoms with van der Waals surface area (Å²) in [5.74, 6) is -1.30. The van der Waals surface area contributed by atoms with Crippen LogP contribution >= 0.6 is 15.9 Å². The summed E-state index contributed by atoms with van der Waals surface area (Å²) in [7, 11) is 0. The molecule has 0 saturated heterocycles. The van der Waals surface area contributed by atoms with Crippen LogP contribution < -0.4 is 5.32 Å². The Kier molecular flexibility index (Phi) is 4.27. The lowest BCUT2D eigenvalue weighted by atomic mass is 10.1. The number of hydrogen-bond donors (Lipinski definition) is 2. The molecule has 1 aromatic carbocycles. The molecule has 0 spiro atoms. The predicted molar refractivity (Wildman–Crippen MR) is 63.5 cm³/mol. The first-order valence-corrected chi connectivity index (χ1v) is 5.70. The van der Waals surface area contributed by atoms with Gasteiger partial charge in [-0.1, -0.05) is 15.9 Å². The van der Waals surface area contributed by atoms with Crippen molar-refractivity contribution in [1.82, 2.24) is 0 Å². The number of anilines is 1. The lowest BCUT2D eigenvalue weighted by molar-refractivity contribution is 0.0748. The molecule has 0 heterocycles. The highest BCUT2D eigenvalue weighted by atomic mass is 79.9. The van der Waals surface area contributed by atoms with Crippen molar-refractivity contribution < 1.29 is 13.9 Å². The maximum absolute atomic E-state index is 13.3. The fourth-order valence-corrected chi connectivity index (χ4v) is 1.61. The summed E-state index contributed by atoms with van der Waals surface area (Å²) in [6.45, 7) is 3.59. The van der Waals surface area contributed by atoms with E-state index < -0.39 is 17.2 Å². The lowest BCUT2D eigenvalue weighted by Gasteiger charge is -2.18. The summed E-state index contributed by atoms with van der Waals surface area (Å²) in [6.07, 6.45) is 0.405. The molecule has 0 radical (unpaired) electrons. The quantitative estimate of drug-likeness (QED) is 0.893. The highest BCUT2D eigenvalue weighted by molar-refractivity contribution is 9.10. The number of rotatable bonds is 4. The molecule has 0 aliphatic carbocycles. The molecule has 0 unspecified atom stereocenters. The number of hydrogen-bond acceptors (Lipinski definition) is 2. The van der Waals surface area contributed by atoms with Crippen LogP contribution in [0.3, 0.4) is 0 Å². The van der Waals surface area contributed by atoms with Crippen LogP contribution in [0.25, 0.3) is 0 Å². The summed E-state index contributed by atoms with van der Waals surface area (Å²) in [5, 5.41) is 12.1. The van der Waals surface area contributed by atoms with E-state index in [1.54, 1.807) is 13.8 Å². The predicted octanol–water partition coefficient (Wildman–Crippen LogP) is 3.30. The van der Waals surface area contributed by atoms with Gasteiger partial charge in [0.15, 0.2) is 0 Å². The van der Waals surface area contributed by atoms with Gasteiger partial charge in [0, 0.05) is 11.0 Å². The summed E-state index contributed by atoms with van der Waals surface area (Å²) < 4.78 is 27.0. The summed E-state index contributed by atoms with van der Waals surface area (Å²) >= 11 is 3.00. The van der Waals surface area contributed by atoms with Gasteiger partial charge in [0.1, 0.15) is 17.3 Å². The maximum Gasteiger partial charge on any atom is 0.150 e. The Bertz CT molecular complexity index is 354. The molecule has 2 N–H and O–H groups in total. The van der Waals surface area contributed by atoms with Crippen molar-refractivity contribution in [2.75, 3.05) is 11.9 Å². The second-order valence-electron chi connectivity index (χ2n) is 4.23. The molecule has 0 aliphatic heterocycles. The summed E-state index contributed by atoms with van der Waals surface area (Å²) in [4.78, 5) is 0. The first-order chi connectivity index (χ1) is 7.29. The monoisotopic (exact) mass is 293 g/mol. The third-order valence-electron chi connectivity index (χ3n) is 2.05. The molecule has 0 amide bonds. The molecule has 0 fully saturated rings. The molecular formula is C11H14BrF2NO. The molecule has 5 heteroatoms. The van der Waals surface area contributed by atoms with Gasteiger partial charge in [-0.3, -0.25) is 0 Å². The van der Waals surface area contributed by atoms with Gasteiger partial charge in [-0.15, -0.1) is 0 Å². The Morgan fingerprint density at radius 1 is 1.31 bits per heavy atom. The zero-order chi connectivity index (χ0) is 12.3. The molecule has 0 aromatic heterocycles. The average Bonchev–Trinajstić information content (AvgIpc) is 2.07. The molecule has 90 valence electrons. The van der Waals surface area contributed by atoms with Crippen LogP contribution in [-0.4, -0.2) is 17.3 Å². The second kappa shape index (κ2) is 5.10. The molecule has 2 nitrogen and oxygen atoms in total. The molecule has 0 saturated carbocycles. The lowest BCUT2D eigenvalue weighted by Crippen LogP contribution is -2.23. The van der Waals surface area contributed by atoms with E-state index in [1.165, 1.54) is 12.1 Å². The Labute approximate surface area is 102 Å². The van der Waals surface area contributed by atoms with E-state index in [-0.39, 0.29) is 5.69 Å². The molecule has 16 heavy (non-hydrogen) atoms. The van der Waals surface area contributed by atoms with Crippen molar-refractivity contribution in [3.63, 3.8) is 0 Å². The SMILES string of the molecule is CC(C)(O)CCNc1c(F)cc(Br)cc1F. The Morgan fingerprint density at radius 2 is 1.81 bits per heavy atom. The van der Waals surface area contributed by atoms with Crippen molar-refractivity contribution in [1.29, 1.82) is 0 Å². The van der Waals surface area contributed by atoms with Crippen LogP contribution in [-0.2, 0) is 0 Å². The van der Waals surface area contributed by atoms with Gasteiger partial charge in [-0.05, 0) is 32.4 Å². The van der Waals surface area contributed by atoms with Crippen LogP contribution in [0.2, 0.25) is 0 Å². The summed E-state index contributed by atoms with van der Waals surface area (Å²) in [5.41, 5.74) is -1.01. The van der Waals surface area contributed by atoms with Gasteiger partial charge >= 0.3 is 0 Å². The average molecular weight is 294 g/mol. The summed E-state index contributed by atoms with van der Waals surface area (Å²) in [6, 6.07) is 2.38. The largest absolute Gasteiger partial charge is 0.390 e. The van der Waals surface area contributed by atoms with E-state index >= 15 is 0 Å². The number of benzene rings is 1. The maximum atomic E-state index is 13.3. The molecule has 0 aliphatic rings. The van der Waals surface area contributed by atoms with Gasteiger partial charge in [0.05, 0.1) is 5.60 Å². The smallest absolute Gasteiger partial charge is 0.150 e. The van der Waals surface area contributed by atoms with Gasteiger partial charge < -0.3 is 10.4 Å². The normalized spacial score (nSPS) is 11.6. The Morgan fingerprint density at radius 3 is 2.25 bits per heavy atom. The van der Waals surface area contributed by atoms with Crippen LogP contribution in [0, 0.1) is 11.6 Å². The topological polar surface area (TPSA) is 32.3 Å². The van der Waals surface area contributed by atoms with Crippen LogP contribution in [0.15, 0.2) is 16.6 Å². The highest BCUT2D eigenvalue weighted by Crippen LogP contribution is 2.24. The number of aliphatic hydroxyl groups is 1. The van der Waals surface area contributed by atoms with Crippen LogP contribution in [0.5, 0.6) is 0 Å². The van der Waals surface area contributed by atoms with Gasteiger partial charge in [0.25, 0.3) is 0 Å². The van der Waals surface area contributed by atoms with Crippen LogP contribution in [0.4, 0.5) is 14.5 Å². The van der Waals surface area contributed by atoms with Gasteiger partial charge in [0.2, 0.25) is 0 Å². The Balaban J connectivity index is 2.68. The minimum atomic E-state index is -0.852. The van der Waals surface area contributed by atoms with Crippen LogP contribution in [0.1, 0.15) is 20.3 Å². The molecular weight excluding hydrogens is 280 g/mol. The van der Waals surface area contributed by atoms with Crippen molar-refractivity contribution in [3.05, 3.63) is 28.2 Å². The van der Waals surface area contributed by atoms with E-state index in [0.717, 1.165) is 0 Å². The van der Waals surface area contributed by atoms with Crippen molar-refractivity contribution in [2.24, 2.45) is 0 Å². The zero-order valence-corrected chi connectivity index (χ0v) is 10.7. The fourth-order valence-electron chi connectivity index (χ4n) is 1.20. The van der Waals surface area contributed by atoms with Gasteiger partial charge in [-0.25, -0.2) is 8.78 Å². The molecule has 0 bridgehead atoms. The number of nitrogens with one attached hydrogen (secondary N) is 1. The molecule has 0 atom stereocenters. The zero-order valence-electron chi connectivity index (χ0n) is 9.15. The van der Waals surface area contributed by atoms with Crippen molar-refractivity contribution in [3.8, 4) is 0 Å². The van der Waals surface area contributed by atoms with Crippen molar-refractivity contribution >= 4 is 21.6 Å². The van der Waals surface area contributed by atoms with E-state index in [4.69, 9.17) is 0 Å². The molecule has 1 aromatic rings. The van der Waals surface area contributed by atoms with E-state index in [1.807, 2.05) is 0 Å². The van der Waals surface area contributed by atoms with E-state index in [2.05, 4.69) is 21.2 Å². The third-order valence-corrected chi connectivity index (χ3v) is 2.50. The van der Waals surface area contributed by atoms with Crippen molar-refractivity contribution in [2.45, 2.75) is 25.9 Å². The first kappa shape index (κ1) is 13.4. The van der Waals surface area contributed by atoms with E-state index in [0.29, 0.717) is 17.4 Å². The third kappa shape index (κ3) is 4.06. The standard InChI is InChI=1S/C11H14BrF2NO/c1-11(2,16)3-4-15-10-8(13)5-7(12)6-9(10)14/h5-6,15-16H,3-4H2,1-2H3.